The van der Waals surface area contributed by atoms with Gasteiger partial charge < -0.3 is 10.0 Å². The van der Waals surface area contributed by atoms with Gasteiger partial charge in [0.25, 0.3) is 11.8 Å². The van der Waals surface area contributed by atoms with E-state index in [4.69, 9.17) is 5.11 Å². The van der Waals surface area contributed by atoms with Gasteiger partial charge in [-0.15, -0.1) is 0 Å². The van der Waals surface area contributed by atoms with Crippen molar-refractivity contribution in [1.82, 2.24) is 0 Å². The van der Waals surface area contributed by atoms with Crippen LogP contribution in [0.1, 0.15) is 39.1 Å². The molecule has 0 bridgehead atoms. The van der Waals surface area contributed by atoms with E-state index >= 15 is 0 Å². The number of aliphatic carboxylic acids is 1. The Morgan fingerprint density at radius 2 is 1.15 bits per heavy atom. The van der Waals surface area contributed by atoms with Crippen LogP contribution in [0.15, 0.2) is 140 Å². The minimum Gasteiger partial charge on any atom is -0.481 e. The Labute approximate surface area is 266 Å². The summed E-state index contributed by atoms with van der Waals surface area (Å²) >= 11 is 0. The average molecular weight is 603 g/mol. The highest BCUT2D eigenvalue weighted by Gasteiger charge is 2.34. The summed E-state index contributed by atoms with van der Waals surface area (Å²) < 4.78 is 0. The van der Waals surface area contributed by atoms with Gasteiger partial charge in [-0.25, -0.2) is 4.90 Å². The molecule has 0 atom stereocenters. The highest BCUT2D eigenvalue weighted by Crippen LogP contribution is 2.40. The lowest BCUT2D eigenvalue weighted by molar-refractivity contribution is -0.137. The molecule has 46 heavy (non-hydrogen) atoms. The van der Waals surface area contributed by atoms with Crippen molar-refractivity contribution in [1.29, 1.82) is 0 Å². The summed E-state index contributed by atoms with van der Waals surface area (Å²) in [4.78, 5) is 41.9. The molecule has 6 aromatic rings. The third-order valence-electron chi connectivity index (χ3n) is 8.42. The van der Waals surface area contributed by atoms with Crippen molar-refractivity contribution < 1.29 is 19.5 Å². The average Bonchev–Trinajstić information content (AvgIpc) is 3.09. The van der Waals surface area contributed by atoms with Crippen molar-refractivity contribution in [2.24, 2.45) is 0 Å². The predicted octanol–water partition coefficient (Wildman–Crippen LogP) is 9.18. The first kappa shape index (κ1) is 28.7. The molecule has 0 radical (unpaired) electrons. The monoisotopic (exact) mass is 602 g/mol. The Morgan fingerprint density at radius 3 is 1.76 bits per heavy atom. The SMILES string of the molecule is O=C(O)CCCc1ccc(N2C(=O)c3cccc4c(-c5ccc(N(c6ccccc6)c6ccccc6)cc5)ccc(c34)C2=O)cc1. The maximum Gasteiger partial charge on any atom is 0.303 e. The second kappa shape index (κ2) is 12.2. The molecule has 1 aliphatic rings. The first-order valence-corrected chi connectivity index (χ1v) is 15.3. The minimum atomic E-state index is -0.827. The van der Waals surface area contributed by atoms with E-state index in [9.17, 15) is 14.4 Å². The Hall–Kier alpha value is -6.01. The summed E-state index contributed by atoms with van der Waals surface area (Å²) in [6, 6.07) is 45.4. The number of rotatable bonds is 9. The summed E-state index contributed by atoms with van der Waals surface area (Å²) in [6.45, 7) is 0. The normalized spacial score (nSPS) is 12.4. The van der Waals surface area contributed by atoms with E-state index in [2.05, 4.69) is 53.4 Å². The second-order valence-electron chi connectivity index (χ2n) is 11.3. The third-order valence-corrected chi connectivity index (χ3v) is 8.42. The van der Waals surface area contributed by atoms with E-state index in [0.29, 0.717) is 35.0 Å². The summed E-state index contributed by atoms with van der Waals surface area (Å²) in [6.07, 6.45) is 1.23. The van der Waals surface area contributed by atoms with E-state index < -0.39 is 5.97 Å². The number of aryl methyl sites for hydroxylation is 1. The maximum atomic E-state index is 13.8. The highest BCUT2D eigenvalue weighted by molar-refractivity contribution is 6.36. The zero-order chi connectivity index (χ0) is 31.6. The molecule has 0 fully saturated rings. The van der Waals surface area contributed by atoms with Crippen LogP contribution in [-0.2, 0) is 11.2 Å². The van der Waals surface area contributed by atoms with Crippen LogP contribution in [0.2, 0.25) is 0 Å². The number of carbonyl (C=O) groups is 3. The smallest absolute Gasteiger partial charge is 0.303 e. The molecule has 0 aromatic heterocycles. The van der Waals surface area contributed by atoms with Crippen molar-refractivity contribution in [3.63, 3.8) is 0 Å². The van der Waals surface area contributed by atoms with Gasteiger partial charge in [-0.1, -0.05) is 78.9 Å². The number of para-hydroxylation sites is 2. The minimum absolute atomic E-state index is 0.0948. The van der Waals surface area contributed by atoms with Crippen LogP contribution < -0.4 is 9.80 Å². The molecule has 224 valence electrons. The molecule has 7 rings (SSSR count). The molecule has 0 saturated carbocycles. The number of imide groups is 1. The first-order valence-electron chi connectivity index (χ1n) is 15.3. The zero-order valence-electron chi connectivity index (χ0n) is 25.0. The number of amides is 2. The number of nitrogens with zero attached hydrogens (tertiary/aromatic N) is 2. The van der Waals surface area contributed by atoms with Gasteiger partial charge in [0.05, 0.1) is 5.69 Å². The Morgan fingerprint density at radius 1 is 0.587 bits per heavy atom. The van der Waals surface area contributed by atoms with E-state index in [-0.39, 0.29) is 18.2 Å². The van der Waals surface area contributed by atoms with E-state index in [0.717, 1.165) is 39.1 Å². The van der Waals surface area contributed by atoms with Crippen LogP contribution in [0.3, 0.4) is 0 Å². The van der Waals surface area contributed by atoms with Crippen LogP contribution in [-0.4, -0.2) is 22.9 Å². The number of hydrogen-bond acceptors (Lipinski definition) is 4. The Kier molecular flexibility index (Phi) is 7.61. The topological polar surface area (TPSA) is 77.9 Å². The van der Waals surface area contributed by atoms with Gasteiger partial charge >= 0.3 is 5.97 Å². The molecule has 0 spiro atoms. The summed E-state index contributed by atoms with van der Waals surface area (Å²) in [5.41, 5.74) is 7.45. The third kappa shape index (κ3) is 5.30. The molecule has 1 heterocycles. The van der Waals surface area contributed by atoms with Crippen LogP contribution in [0.5, 0.6) is 0 Å². The van der Waals surface area contributed by atoms with Crippen molar-refractivity contribution in [3.05, 3.63) is 156 Å². The fourth-order valence-electron chi connectivity index (χ4n) is 6.23. The number of benzene rings is 6. The van der Waals surface area contributed by atoms with Gasteiger partial charge in [-0.2, -0.15) is 0 Å². The Bertz CT molecular complexity index is 2010. The molecular weight excluding hydrogens is 572 g/mol. The maximum absolute atomic E-state index is 13.8. The van der Waals surface area contributed by atoms with Crippen molar-refractivity contribution in [2.45, 2.75) is 19.3 Å². The molecule has 6 aromatic carbocycles. The molecule has 0 unspecified atom stereocenters. The molecule has 0 saturated heterocycles. The predicted molar refractivity (Wildman–Crippen MR) is 182 cm³/mol. The van der Waals surface area contributed by atoms with E-state index in [1.165, 1.54) is 4.90 Å². The summed E-state index contributed by atoms with van der Waals surface area (Å²) in [5.74, 6) is -1.56. The molecule has 2 amide bonds. The number of carboxylic acid groups (broad SMARTS) is 1. The van der Waals surface area contributed by atoms with Crippen molar-refractivity contribution in [3.8, 4) is 11.1 Å². The lowest BCUT2D eigenvalue weighted by Crippen LogP contribution is -2.40. The lowest BCUT2D eigenvalue weighted by Gasteiger charge is -2.28. The van der Waals surface area contributed by atoms with Gasteiger partial charge in [0.2, 0.25) is 0 Å². The van der Waals surface area contributed by atoms with Crippen LogP contribution in [0.25, 0.3) is 21.9 Å². The number of carbonyl (C=O) groups excluding carboxylic acids is 2. The molecule has 0 aliphatic carbocycles. The van der Waals surface area contributed by atoms with Crippen LogP contribution in [0.4, 0.5) is 22.7 Å². The largest absolute Gasteiger partial charge is 0.481 e. The van der Waals surface area contributed by atoms with Gasteiger partial charge in [-0.05, 0) is 95.6 Å². The fourth-order valence-corrected chi connectivity index (χ4v) is 6.23. The number of hydrogen-bond donors (Lipinski definition) is 1. The second-order valence-corrected chi connectivity index (χ2v) is 11.3. The van der Waals surface area contributed by atoms with Crippen molar-refractivity contribution in [2.75, 3.05) is 9.80 Å². The number of carboxylic acids is 1. The quantitative estimate of drug-likeness (QED) is 0.167. The van der Waals surface area contributed by atoms with E-state index in [1.54, 1.807) is 18.2 Å². The zero-order valence-corrected chi connectivity index (χ0v) is 25.0. The van der Waals surface area contributed by atoms with Crippen LogP contribution in [0, 0.1) is 0 Å². The molecular formula is C40H30N2O4. The van der Waals surface area contributed by atoms with Crippen LogP contribution >= 0.6 is 0 Å². The Balaban J connectivity index is 1.22. The molecule has 6 nitrogen and oxygen atoms in total. The van der Waals surface area contributed by atoms with E-state index in [1.807, 2.05) is 72.8 Å². The van der Waals surface area contributed by atoms with Gasteiger partial charge in [0.1, 0.15) is 0 Å². The van der Waals surface area contributed by atoms with Gasteiger partial charge in [-0.3, -0.25) is 14.4 Å². The number of anilines is 4. The lowest BCUT2D eigenvalue weighted by atomic mass is 9.89. The molecule has 1 aliphatic heterocycles. The highest BCUT2D eigenvalue weighted by atomic mass is 16.4. The van der Waals surface area contributed by atoms with Gasteiger partial charge in [0, 0.05) is 40.0 Å². The summed E-state index contributed by atoms with van der Waals surface area (Å²) in [5, 5.41) is 10.4. The summed E-state index contributed by atoms with van der Waals surface area (Å²) in [7, 11) is 0. The molecule has 1 N–H and O–H groups in total. The first-order chi connectivity index (χ1) is 22.5. The fraction of sp³-hybridized carbons (Fsp3) is 0.0750. The van der Waals surface area contributed by atoms with Gasteiger partial charge in [0.15, 0.2) is 0 Å². The van der Waals surface area contributed by atoms with Crippen molar-refractivity contribution >= 4 is 51.3 Å². The standard InChI is InChI=1S/C40H30N2O4/c43-37(44)16-7-9-27-17-21-32(22-18-27)42-39(45)35-15-8-14-34-33(25-26-36(38(34)35)40(42)46)28-19-23-31(24-20-28)41(29-10-3-1-4-11-29)30-12-5-2-6-13-30/h1-6,8,10-15,17-26H,7,9,16H2,(H,43,44). The molecule has 6 heteroatoms.